The first kappa shape index (κ1) is 12.8. The van der Waals surface area contributed by atoms with Crippen LogP contribution in [0.4, 0.5) is 0 Å². The summed E-state index contributed by atoms with van der Waals surface area (Å²) in [6.45, 7) is 0.287. The Morgan fingerprint density at radius 3 is 2.50 bits per heavy atom. The van der Waals surface area contributed by atoms with Gasteiger partial charge in [0.1, 0.15) is 0 Å². The molecule has 3 nitrogen and oxygen atoms in total. The molecule has 0 bridgehead atoms. The molecule has 0 fully saturated rings. The summed E-state index contributed by atoms with van der Waals surface area (Å²) >= 11 is 1.47. The van der Waals surface area contributed by atoms with Gasteiger partial charge >= 0.3 is 0 Å². The van der Waals surface area contributed by atoms with Crippen LogP contribution in [-0.2, 0) is 6.42 Å². The van der Waals surface area contributed by atoms with Crippen LogP contribution in [0.5, 0.6) is 0 Å². The number of hydrogen-bond acceptors (Lipinski definition) is 4. The molecular formula is C12H16N2OS. The lowest BCUT2D eigenvalue weighted by molar-refractivity contribution is 0.288. The van der Waals surface area contributed by atoms with E-state index in [2.05, 4.69) is 22.1 Å². The summed E-state index contributed by atoms with van der Waals surface area (Å²) < 4.78 is 0. The number of rotatable bonds is 3. The zero-order valence-electron chi connectivity index (χ0n) is 9.04. The van der Waals surface area contributed by atoms with Crippen LogP contribution >= 0.6 is 11.9 Å². The predicted octanol–water partition coefficient (Wildman–Crippen LogP) is 2.35. The lowest BCUT2D eigenvalue weighted by Crippen LogP contribution is -1.91. The summed E-state index contributed by atoms with van der Waals surface area (Å²) in [7, 11) is 0. The van der Waals surface area contributed by atoms with Gasteiger partial charge in [-0.05, 0) is 41.8 Å². The van der Waals surface area contributed by atoms with Gasteiger partial charge in [0.25, 0.3) is 0 Å². The summed E-state index contributed by atoms with van der Waals surface area (Å²) in [5, 5.41) is 14.1. The standard InChI is InChI=1S/C9H12O.C3H4N2S/c10-8-4-7-9-5-2-1-3-6-9;1-2-4-5-6-3-1/h1-3,5-6,10H,4,7-8H2;1-3,5H. The number of nitrogens with one attached hydrogen (secondary N) is 1. The van der Waals surface area contributed by atoms with E-state index in [9.17, 15) is 0 Å². The average molecular weight is 236 g/mol. The van der Waals surface area contributed by atoms with Gasteiger partial charge < -0.3 is 5.11 Å². The van der Waals surface area contributed by atoms with Crippen molar-refractivity contribution in [3.63, 3.8) is 0 Å². The molecule has 86 valence electrons. The van der Waals surface area contributed by atoms with Crippen LogP contribution in [-0.4, -0.2) is 17.9 Å². The van der Waals surface area contributed by atoms with Gasteiger partial charge in [-0.1, -0.05) is 30.3 Å². The molecule has 2 N–H and O–H groups in total. The summed E-state index contributed by atoms with van der Waals surface area (Å²) in [4.78, 5) is 2.68. The molecule has 1 aromatic carbocycles. The molecule has 0 saturated heterocycles. The van der Waals surface area contributed by atoms with E-state index in [4.69, 9.17) is 5.11 Å². The third-order valence-corrected chi connectivity index (χ3v) is 2.38. The zero-order chi connectivity index (χ0) is 11.5. The minimum atomic E-state index is 0.287. The van der Waals surface area contributed by atoms with Crippen LogP contribution in [0.2, 0.25) is 0 Å². The lowest BCUT2D eigenvalue weighted by atomic mass is 10.1. The van der Waals surface area contributed by atoms with E-state index in [1.807, 2.05) is 29.7 Å². The van der Waals surface area contributed by atoms with Crippen LogP contribution in [0.15, 0.2) is 46.9 Å². The fraction of sp³-hybridized carbons (Fsp3) is 0.250. The van der Waals surface area contributed by atoms with Crippen molar-refractivity contribution >= 4 is 18.2 Å². The van der Waals surface area contributed by atoms with Crippen molar-refractivity contribution in [2.24, 2.45) is 5.10 Å². The molecule has 4 heteroatoms. The minimum absolute atomic E-state index is 0.287. The second kappa shape index (κ2) is 9.00. The highest BCUT2D eigenvalue weighted by Crippen LogP contribution is 2.00. The summed E-state index contributed by atoms with van der Waals surface area (Å²) in [6, 6.07) is 10.2. The van der Waals surface area contributed by atoms with Crippen LogP contribution in [0, 0.1) is 0 Å². The molecule has 1 aromatic rings. The predicted molar refractivity (Wildman–Crippen MR) is 70.2 cm³/mol. The molecule has 1 aliphatic rings. The minimum Gasteiger partial charge on any atom is -0.396 e. The zero-order valence-corrected chi connectivity index (χ0v) is 9.86. The molecule has 0 atom stereocenters. The molecule has 0 unspecified atom stereocenters. The number of nitrogens with zero attached hydrogens (tertiary/aromatic N) is 1. The molecule has 2 rings (SSSR count). The van der Waals surface area contributed by atoms with E-state index < -0.39 is 0 Å². The molecule has 0 spiro atoms. The second-order valence-electron chi connectivity index (χ2n) is 3.13. The molecule has 1 aliphatic heterocycles. The van der Waals surface area contributed by atoms with E-state index in [1.54, 1.807) is 6.21 Å². The number of aliphatic hydroxyl groups is 1. The highest BCUT2D eigenvalue weighted by molar-refractivity contribution is 8.00. The van der Waals surface area contributed by atoms with E-state index in [0.717, 1.165) is 12.8 Å². The topological polar surface area (TPSA) is 44.6 Å². The first-order valence-corrected chi connectivity index (χ1v) is 6.05. The fourth-order valence-electron chi connectivity index (χ4n) is 1.14. The van der Waals surface area contributed by atoms with Crippen molar-refractivity contribution in [3.05, 3.63) is 47.4 Å². The number of hydrazone groups is 1. The van der Waals surface area contributed by atoms with Gasteiger partial charge in [-0.25, -0.2) is 4.83 Å². The van der Waals surface area contributed by atoms with E-state index >= 15 is 0 Å². The first-order valence-electron chi connectivity index (χ1n) is 5.17. The molecule has 0 amide bonds. The fourth-order valence-corrected chi connectivity index (χ4v) is 1.47. The van der Waals surface area contributed by atoms with Crippen molar-refractivity contribution in [2.75, 3.05) is 6.61 Å². The van der Waals surface area contributed by atoms with Crippen LogP contribution < -0.4 is 4.83 Å². The van der Waals surface area contributed by atoms with Gasteiger partial charge in [-0.15, -0.1) is 0 Å². The van der Waals surface area contributed by atoms with E-state index in [-0.39, 0.29) is 6.61 Å². The molecular weight excluding hydrogens is 220 g/mol. The number of allylic oxidation sites excluding steroid dienone is 1. The maximum atomic E-state index is 8.53. The largest absolute Gasteiger partial charge is 0.396 e. The molecule has 16 heavy (non-hydrogen) atoms. The smallest absolute Gasteiger partial charge is 0.0484 e. The Hall–Kier alpha value is -1.26. The van der Waals surface area contributed by atoms with Crippen LogP contribution in [0.3, 0.4) is 0 Å². The highest BCUT2D eigenvalue weighted by atomic mass is 32.2. The average Bonchev–Trinajstić information content (AvgIpc) is 2.40. The molecule has 1 heterocycles. The van der Waals surface area contributed by atoms with Crippen LogP contribution in [0.1, 0.15) is 12.0 Å². The third kappa shape index (κ3) is 6.27. The summed E-state index contributed by atoms with van der Waals surface area (Å²) in [5.74, 6) is 0. The van der Waals surface area contributed by atoms with Crippen molar-refractivity contribution in [1.82, 2.24) is 4.83 Å². The monoisotopic (exact) mass is 236 g/mol. The number of benzene rings is 1. The second-order valence-corrected chi connectivity index (χ2v) is 3.82. The van der Waals surface area contributed by atoms with Crippen molar-refractivity contribution < 1.29 is 5.11 Å². The Morgan fingerprint density at radius 1 is 1.25 bits per heavy atom. The molecule has 0 aromatic heterocycles. The van der Waals surface area contributed by atoms with E-state index in [0.29, 0.717) is 0 Å². The van der Waals surface area contributed by atoms with Gasteiger partial charge in [0.2, 0.25) is 0 Å². The van der Waals surface area contributed by atoms with Crippen molar-refractivity contribution in [1.29, 1.82) is 0 Å². The third-order valence-electron chi connectivity index (χ3n) is 1.88. The Kier molecular flexibility index (Phi) is 7.21. The van der Waals surface area contributed by atoms with Gasteiger partial charge in [0.05, 0.1) is 0 Å². The highest BCUT2D eigenvalue weighted by Gasteiger charge is 1.88. The van der Waals surface area contributed by atoms with Gasteiger partial charge in [-0.2, -0.15) is 5.10 Å². The number of aliphatic hydroxyl groups excluding tert-OH is 1. The molecule has 0 radical (unpaired) electrons. The quantitative estimate of drug-likeness (QED) is 0.792. The summed E-state index contributed by atoms with van der Waals surface area (Å²) in [5.41, 5.74) is 1.30. The van der Waals surface area contributed by atoms with Crippen molar-refractivity contribution in [3.8, 4) is 0 Å². The SMILES string of the molecule is C1=CSNN=C1.OCCCc1ccccc1. The lowest BCUT2D eigenvalue weighted by Gasteiger charge is -1.96. The maximum absolute atomic E-state index is 8.53. The Labute approximate surface area is 100 Å². The Balaban J connectivity index is 0.000000181. The maximum Gasteiger partial charge on any atom is 0.0484 e. The molecule has 0 saturated carbocycles. The summed E-state index contributed by atoms with van der Waals surface area (Å²) in [6.07, 6.45) is 5.43. The number of hydrogen-bond donors (Lipinski definition) is 2. The molecule has 0 aliphatic carbocycles. The van der Waals surface area contributed by atoms with Crippen LogP contribution in [0.25, 0.3) is 0 Å². The van der Waals surface area contributed by atoms with Gasteiger partial charge in [0.15, 0.2) is 0 Å². The van der Waals surface area contributed by atoms with Gasteiger partial charge in [0, 0.05) is 12.8 Å². The Bertz CT molecular complexity index is 313. The van der Waals surface area contributed by atoms with E-state index in [1.165, 1.54) is 17.5 Å². The van der Waals surface area contributed by atoms with Crippen molar-refractivity contribution in [2.45, 2.75) is 12.8 Å². The van der Waals surface area contributed by atoms with Gasteiger partial charge in [-0.3, -0.25) is 0 Å². The first-order chi connectivity index (χ1) is 7.93. The Morgan fingerprint density at radius 2 is 2.06 bits per heavy atom. The number of aryl methyl sites for hydroxylation is 1. The normalized spacial score (nSPS) is 12.6.